The highest BCUT2D eigenvalue weighted by molar-refractivity contribution is 5.85. The predicted octanol–water partition coefficient (Wildman–Crippen LogP) is 4.76. The lowest BCUT2D eigenvalue weighted by Gasteiger charge is -2.23. The lowest BCUT2D eigenvalue weighted by molar-refractivity contribution is 0.0291. The van der Waals surface area contributed by atoms with Gasteiger partial charge in [-0.15, -0.1) is 0 Å². The monoisotopic (exact) mass is 277 g/mol. The topological polar surface area (TPSA) is 25.0 Å². The number of hydrogen-bond donors (Lipinski definition) is 1. The van der Waals surface area contributed by atoms with E-state index < -0.39 is 0 Å². The molecule has 2 aromatic carbocycles. The van der Waals surface area contributed by atoms with Gasteiger partial charge in [-0.1, -0.05) is 48.5 Å². The molecule has 0 saturated heterocycles. The standard InChI is InChI=1S/C19H19NO/c1-2-7-14(8-3-1)13-21-18-12-6-11-17-19(18)15-9-4-5-10-16(15)20-17/h1-5,7-10,18,20H,6,11-13H2. The molecule has 1 unspecified atom stereocenters. The average Bonchev–Trinajstić information content (AvgIpc) is 2.93. The number of benzene rings is 2. The Hall–Kier alpha value is -2.06. The Kier molecular flexibility index (Phi) is 3.24. The molecule has 4 rings (SSSR count). The van der Waals surface area contributed by atoms with E-state index in [1.807, 2.05) is 6.07 Å². The van der Waals surface area contributed by atoms with E-state index in [-0.39, 0.29) is 6.10 Å². The lowest BCUT2D eigenvalue weighted by Crippen LogP contribution is -2.12. The maximum Gasteiger partial charge on any atom is 0.0853 e. The molecule has 1 atom stereocenters. The molecule has 0 radical (unpaired) electrons. The molecular formula is C19H19NO. The number of fused-ring (bicyclic) bond motifs is 3. The number of H-pyrrole nitrogens is 1. The highest BCUT2D eigenvalue weighted by Crippen LogP contribution is 2.38. The van der Waals surface area contributed by atoms with Crippen molar-refractivity contribution < 1.29 is 4.74 Å². The molecular weight excluding hydrogens is 258 g/mol. The van der Waals surface area contributed by atoms with Crippen LogP contribution in [0.3, 0.4) is 0 Å². The van der Waals surface area contributed by atoms with Gasteiger partial charge >= 0.3 is 0 Å². The molecule has 1 aliphatic rings. The summed E-state index contributed by atoms with van der Waals surface area (Å²) in [5.74, 6) is 0. The Morgan fingerprint density at radius 1 is 1.00 bits per heavy atom. The molecule has 0 aliphatic heterocycles. The molecule has 3 aromatic rings. The second-order valence-electron chi connectivity index (χ2n) is 5.74. The SMILES string of the molecule is c1ccc(COC2CCCc3[nH]c4ccccc4c32)cc1. The zero-order valence-electron chi connectivity index (χ0n) is 12.0. The molecule has 1 aromatic heterocycles. The van der Waals surface area contributed by atoms with Gasteiger partial charge in [-0.3, -0.25) is 0 Å². The van der Waals surface area contributed by atoms with E-state index in [9.17, 15) is 0 Å². The Balaban J connectivity index is 1.63. The molecule has 2 heteroatoms. The van der Waals surface area contributed by atoms with E-state index >= 15 is 0 Å². The van der Waals surface area contributed by atoms with Crippen LogP contribution in [0.25, 0.3) is 10.9 Å². The smallest absolute Gasteiger partial charge is 0.0853 e. The summed E-state index contributed by atoms with van der Waals surface area (Å²) in [7, 11) is 0. The third-order valence-corrected chi connectivity index (χ3v) is 4.34. The van der Waals surface area contributed by atoms with Gasteiger partial charge in [0.25, 0.3) is 0 Å². The van der Waals surface area contributed by atoms with E-state index in [1.54, 1.807) is 0 Å². The van der Waals surface area contributed by atoms with Crippen LogP contribution < -0.4 is 0 Å². The van der Waals surface area contributed by atoms with E-state index in [0.29, 0.717) is 6.61 Å². The van der Waals surface area contributed by atoms with Gasteiger partial charge in [-0.2, -0.15) is 0 Å². The van der Waals surface area contributed by atoms with E-state index in [4.69, 9.17) is 4.74 Å². The normalized spacial score (nSPS) is 17.8. The van der Waals surface area contributed by atoms with Crippen molar-refractivity contribution in [2.75, 3.05) is 0 Å². The fourth-order valence-electron chi connectivity index (χ4n) is 3.33. The summed E-state index contributed by atoms with van der Waals surface area (Å²) in [5.41, 5.74) is 5.22. The molecule has 0 bridgehead atoms. The summed E-state index contributed by atoms with van der Waals surface area (Å²) < 4.78 is 6.24. The van der Waals surface area contributed by atoms with Gasteiger partial charge in [-0.05, 0) is 30.9 Å². The number of aromatic nitrogens is 1. The quantitative estimate of drug-likeness (QED) is 0.733. The van der Waals surface area contributed by atoms with Gasteiger partial charge in [-0.25, -0.2) is 0 Å². The third kappa shape index (κ3) is 2.36. The predicted molar refractivity (Wildman–Crippen MR) is 85.2 cm³/mol. The Morgan fingerprint density at radius 2 is 1.81 bits per heavy atom. The molecule has 0 saturated carbocycles. The summed E-state index contributed by atoms with van der Waals surface area (Å²) in [6.45, 7) is 0.685. The lowest BCUT2D eigenvalue weighted by atomic mass is 9.92. The fourth-order valence-corrected chi connectivity index (χ4v) is 3.33. The van der Waals surface area contributed by atoms with Gasteiger partial charge in [0, 0.05) is 22.2 Å². The van der Waals surface area contributed by atoms with Crippen LogP contribution in [0.4, 0.5) is 0 Å². The number of aryl methyl sites for hydroxylation is 1. The van der Waals surface area contributed by atoms with Crippen LogP contribution in [0, 0.1) is 0 Å². The number of nitrogens with one attached hydrogen (secondary N) is 1. The molecule has 1 N–H and O–H groups in total. The molecule has 21 heavy (non-hydrogen) atoms. The van der Waals surface area contributed by atoms with Crippen molar-refractivity contribution in [3.63, 3.8) is 0 Å². The highest BCUT2D eigenvalue weighted by Gasteiger charge is 2.25. The summed E-state index contributed by atoms with van der Waals surface area (Å²) >= 11 is 0. The molecule has 1 aliphatic carbocycles. The minimum atomic E-state index is 0.213. The van der Waals surface area contributed by atoms with Crippen LogP contribution in [0.1, 0.15) is 35.8 Å². The van der Waals surface area contributed by atoms with E-state index in [2.05, 4.69) is 53.5 Å². The average molecular weight is 277 g/mol. The van der Waals surface area contributed by atoms with Gasteiger partial charge < -0.3 is 9.72 Å². The van der Waals surface area contributed by atoms with Crippen LogP contribution >= 0.6 is 0 Å². The Bertz CT molecular complexity index is 745. The van der Waals surface area contributed by atoms with Gasteiger partial charge in [0.05, 0.1) is 12.7 Å². The summed E-state index contributed by atoms with van der Waals surface area (Å²) in [6, 6.07) is 19.0. The molecule has 0 amide bonds. The van der Waals surface area contributed by atoms with Crippen LogP contribution in [0.5, 0.6) is 0 Å². The van der Waals surface area contributed by atoms with Crippen molar-refractivity contribution in [2.45, 2.75) is 32.0 Å². The van der Waals surface area contributed by atoms with E-state index in [0.717, 1.165) is 12.8 Å². The summed E-state index contributed by atoms with van der Waals surface area (Å²) in [4.78, 5) is 3.56. The maximum atomic E-state index is 6.24. The van der Waals surface area contributed by atoms with Crippen molar-refractivity contribution in [2.24, 2.45) is 0 Å². The van der Waals surface area contributed by atoms with Crippen LogP contribution in [-0.4, -0.2) is 4.98 Å². The molecule has 106 valence electrons. The maximum absolute atomic E-state index is 6.24. The fraction of sp³-hybridized carbons (Fsp3) is 0.263. The Morgan fingerprint density at radius 3 is 2.71 bits per heavy atom. The van der Waals surface area contributed by atoms with Crippen LogP contribution in [0.15, 0.2) is 54.6 Å². The van der Waals surface area contributed by atoms with Crippen molar-refractivity contribution in [3.8, 4) is 0 Å². The second kappa shape index (κ2) is 5.38. The summed E-state index contributed by atoms with van der Waals surface area (Å²) in [6.07, 6.45) is 3.65. The largest absolute Gasteiger partial charge is 0.369 e. The zero-order valence-corrected chi connectivity index (χ0v) is 12.0. The first-order chi connectivity index (χ1) is 10.4. The minimum Gasteiger partial charge on any atom is -0.369 e. The van der Waals surface area contributed by atoms with Gasteiger partial charge in [0.2, 0.25) is 0 Å². The first-order valence-corrected chi connectivity index (χ1v) is 7.67. The number of ether oxygens (including phenoxy) is 1. The first-order valence-electron chi connectivity index (χ1n) is 7.67. The van der Waals surface area contributed by atoms with Crippen molar-refractivity contribution in [1.29, 1.82) is 0 Å². The third-order valence-electron chi connectivity index (χ3n) is 4.34. The first kappa shape index (κ1) is 12.7. The molecule has 0 fully saturated rings. The zero-order chi connectivity index (χ0) is 14.1. The van der Waals surface area contributed by atoms with Crippen LogP contribution in [-0.2, 0) is 17.8 Å². The summed E-state index contributed by atoms with van der Waals surface area (Å²) in [5, 5.41) is 1.32. The molecule has 0 spiro atoms. The van der Waals surface area contributed by atoms with E-state index in [1.165, 1.54) is 34.1 Å². The number of para-hydroxylation sites is 1. The van der Waals surface area contributed by atoms with Gasteiger partial charge in [0.15, 0.2) is 0 Å². The van der Waals surface area contributed by atoms with Crippen molar-refractivity contribution >= 4 is 10.9 Å². The van der Waals surface area contributed by atoms with Crippen LogP contribution in [0.2, 0.25) is 0 Å². The number of rotatable bonds is 3. The number of aromatic amines is 1. The molecule has 1 heterocycles. The van der Waals surface area contributed by atoms with Crippen molar-refractivity contribution in [3.05, 3.63) is 71.4 Å². The molecule has 2 nitrogen and oxygen atoms in total. The number of hydrogen-bond acceptors (Lipinski definition) is 1. The Labute approximate surface area is 124 Å². The second-order valence-corrected chi connectivity index (χ2v) is 5.74. The van der Waals surface area contributed by atoms with Gasteiger partial charge in [0.1, 0.15) is 0 Å². The highest BCUT2D eigenvalue weighted by atomic mass is 16.5. The minimum absolute atomic E-state index is 0.213. The van der Waals surface area contributed by atoms with Crippen molar-refractivity contribution in [1.82, 2.24) is 4.98 Å².